The van der Waals surface area contributed by atoms with E-state index in [0.717, 1.165) is 36.3 Å². The maximum Gasteiger partial charge on any atom is 0.416 e. The number of alkyl halides is 3. The molecule has 4 nitrogen and oxygen atoms in total. The van der Waals surface area contributed by atoms with Gasteiger partial charge in [0.2, 0.25) is 0 Å². The van der Waals surface area contributed by atoms with Crippen molar-refractivity contribution in [1.82, 2.24) is 10.6 Å². The fourth-order valence-electron chi connectivity index (χ4n) is 3.14. The molecule has 0 fully saturated rings. The highest BCUT2D eigenvalue weighted by Gasteiger charge is 2.29. The number of nitrogens with zero attached hydrogens (tertiary/aromatic N) is 2. The highest BCUT2D eigenvalue weighted by Crippen LogP contribution is 2.29. The van der Waals surface area contributed by atoms with Gasteiger partial charge >= 0.3 is 6.18 Å². The molecule has 1 aliphatic heterocycles. The molecular weight excluding hydrogens is 377 g/mol. The molecule has 0 unspecified atom stereocenters. The molecule has 0 bridgehead atoms. The van der Waals surface area contributed by atoms with Crippen LogP contribution in [0.4, 0.5) is 18.9 Å². The van der Waals surface area contributed by atoms with Gasteiger partial charge in [-0.25, -0.2) is 0 Å². The van der Waals surface area contributed by atoms with Gasteiger partial charge in [0.15, 0.2) is 5.96 Å². The van der Waals surface area contributed by atoms with Gasteiger partial charge in [-0.1, -0.05) is 36.4 Å². The summed E-state index contributed by atoms with van der Waals surface area (Å²) in [6, 6.07) is 13.6. The van der Waals surface area contributed by atoms with Crippen LogP contribution in [0, 0.1) is 0 Å². The molecule has 2 N–H and O–H groups in total. The van der Waals surface area contributed by atoms with Gasteiger partial charge in [-0.3, -0.25) is 4.99 Å². The second-order valence-corrected chi connectivity index (χ2v) is 6.84. The largest absolute Gasteiger partial charge is 0.416 e. The number of anilines is 1. The molecule has 0 radical (unpaired) electrons. The SMILES string of the molecule is CN=C(NCCc1ccc(C(F)(F)F)cc1)NCc1cccc(N2CC=CC2)c1. The van der Waals surface area contributed by atoms with Gasteiger partial charge in [-0.2, -0.15) is 13.2 Å². The van der Waals surface area contributed by atoms with E-state index >= 15 is 0 Å². The highest BCUT2D eigenvalue weighted by atomic mass is 19.4. The lowest BCUT2D eigenvalue weighted by Crippen LogP contribution is -2.37. The monoisotopic (exact) mass is 402 g/mol. The van der Waals surface area contributed by atoms with E-state index < -0.39 is 11.7 Å². The maximum absolute atomic E-state index is 12.6. The zero-order chi connectivity index (χ0) is 20.7. The van der Waals surface area contributed by atoms with Gasteiger partial charge in [-0.15, -0.1) is 0 Å². The average molecular weight is 402 g/mol. The van der Waals surface area contributed by atoms with Crippen molar-refractivity contribution in [3.05, 3.63) is 77.4 Å². The maximum atomic E-state index is 12.6. The Bertz CT molecular complexity index is 849. The van der Waals surface area contributed by atoms with E-state index in [2.05, 4.69) is 50.9 Å². The van der Waals surface area contributed by atoms with Crippen LogP contribution in [0.25, 0.3) is 0 Å². The molecule has 0 spiro atoms. The number of halogens is 3. The fraction of sp³-hybridized carbons (Fsp3) is 0.318. The molecule has 1 heterocycles. The van der Waals surface area contributed by atoms with E-state index in [9.17, 15) is 13.2 Å². The topological polar surface area (TPSA) is 39.7 Å². The molecule has 0 atom stereocenters. The molecule has 2 aromatic carbocycles. The summed E-state index contributed by atoms with van der Waals surface area (Å²) in [5.74, 6) is 0.658. The van der Waals surface area contributed by atoms with Crippen LogP contribution < -0.4 is 15.5 Å². The van der Waals surface area contributed by atoms with E-state index in [1.165, 1.54) is 17.8 Å². The number of hydrogen-bond acceptors (Lipinski definition) is 2. The van der Waals surface area contributed by atoms with Crippen LogP contribution in [-0.2, 0) is 19.1 Å². The molecule has 0 aliphatic carbocycles. The highest BCUT2D eigenvalue weighted by molar-refractivity contribution is 5.79. The summed E-state index contributed by atoms with van der Waals surface area (Å²) in [6.45, 7) is 3.08. The van der Waals surface area contributed by atoms with E-state index in [1.807, 2.05) is 6.07 Å². The Morgan fingerprint density at radius 3 is 2.38 bits per heavy atom. The standard InChI is InChI=1S/C22H25F3N4/c1-26-21(27-12-11-17-7-9-19(10-8-17)22(23,24)25)28-16-18-5-4-6-20(15-18)29-13-2-3-14-29/h2-10,15H,11-14,16H2,1H3,(H2,26,27,28). The van der Waals surface area contributed by atoms with E-state index in [1.54, 1.807) is 7.05 Å². The van der Waals surface area contributed by atoms with Gasteiger partial charge in [0.05, 0.1) is 5.56 Å². The lowest BCUT2D eigenvalue weighted by atomic mass is 10.1. The summed E-state index contributed by atoms with van der Waals surface area (Å²) in [5, 5.41) is 6.47. The Labute approximate surface area is 169 Å². The normalized spacial score (nSPS) is 14.3. The predicted molar refractivity (Wildman–Crippen MR) is 111 cm³/mol. The Hall–Kier alpha value is -2.96. The Balaban J connectivity index is 1.46. The smallest absolute Gasteiger partial charge is 0.364 e. The van der Waals surface area contributed by atoms with E-state index in [0.29, 0.717) is 25.5 Å². The second kappa shape index (κ2) is 9.49. The minimum absolute atomic E-state index is 0.574. The van der Waals surface area contributed by atoms with Crippen molar-refractivity contribution in [3.8, 4) is 0 Å². The van der Waals surface area contributed by atoms with Crippen molar-refractivity contribution >= 4 is 11.6 Å². The molecule has 1 aliphatic rings. The number of benzene rings is 2. The summed E-state index contributed by atoms with van der Waals surface area (Å²) in [6.07, 6.45) is 0.627. The average Bonchev–Trinajstić information content (AvgIpc) is 3.25. The van der Waals surface area contributed by atoms with Gasteiger partial charge in [-0.05, 0) is 41.8 Å². The molecule has 7 heteroatoms. The Kier molecular flexibility index (Phi) is 6.80. The summed E-state index contributed by atoms with van der Waals surface area (Å²) in [5.41, 5.74) is 2.56. The Morgan fingerprint density at radius 2 is 1.72 bits per heavy atom. The first-order chi connectivity index (χ1) is 14.0. The van der Waals surface area contributed by atoms with Gasteiger partial charge in [0.25, 0.3) is 0 Å². The third kappa shape index (κ3) is 6.01. The quantitative estimate of drug-likeness (QED) is 0.436. The first-order valence-electron chi connectivity index (χ1n) is 9.55. The van der Waals surface area contributed by atoms with Crippen LogP contribution >= 0.6 is 0 Å². The molecule has 2 aromatic rings. The van der Waals surface area contributed by atoms with E-state index in [4.69, 9.17) is 0 Å². The number of hydrogen-bond donors (Lipinski definition) is 2. The van der Waals surface area contributed by atoms with Gasteiger partial charge in [0.1, 0.15) is 0 Å². The molecule has 0 aromatic heterocycles. The lowest BCUT2D eigenvalue weighted by Gasteiger charge is -2.19. The van der Waals surface area contributed by atoms with Crippen molar-refractivity contribution in [2.75, 3.05) is 31.6 Å². The first kappa shape index (κ1) is 20.8. The summed E-state index contributed by atoms with van der Waals surface area (Å²) in [4.78, 5) is 6.50. The summed E-state index contributed by atoms with van der Waals surface area (Å²) >= 11 is 0. The molecule has 29 heavy (non-hydrogen) atoms. The number of rotatable bonds is 6. The minimum Gasteiger partial charge on any atom is -0.364 e. The molecular formula is C22H25F3N4. The fourth-order valence-corrected chi connectivity index (χ4v) is 3.14. The van der Waals surface area contributed by atoms with Gasteiger partial charge in [0, 0.05) is 38.9 Å². The zero-order valence-electron chi connectivity index (χ0n) is 16.3. The third-order valence-corrected chi connectivity index (χ3v) is 4.76. The number of nitrogens with one attached hydrogen (secondary N) is 2. The van der Waals surface area contributed by atoms with Crippen LogP contribution in [0.1, 0.15) is 16.7 Å². The van der Waals surface area contributed by atoms with Crippen LogP contribution in [0.5, 0.6) is 0 Å². The van der Waals surface area contributed by atoms with Crippen molar-refractivity contribution in [1.29, 1.82) is 0 Å². The zero-order valence-corrected chi connectivity index (χ0v) is 16.3. The second-order valence-electron chi connectivity index (χ2n) is 6.84. The van der Waals surface area contributed by atoms with E-state index in [-0.39, 0.29) is 0 Å². The van der Waals surface area contributed by atoms with Crippen LogP contribution in [0.3, 0.4) is 0 Å². The van der Waals surface area contributed by atoms with Crippen LogP contribution in [-0.4, -0.2) is 32.6 Å². The molecule has 0 saturated heterocycles. The third-order valence-electron chi connectivity index (χ3n) is 4.76. The van der Waals surface area contributed by atoms with Crippen molar-refractivity contribution in [3.63, 3.8) is 0 Å². The van der Waals surface area contributed by atoms with Crippen molar-refractivity contribution < 1.29 is 13.2 Å². The lowest BCUT2D eigenvalue weighted by molar-refractivity contribution is -0.137. The van der Waals surface area contributed by atoms with Crippen molar-refractivity contribution in [2.24, 2.45) is 4.99 Å². The van der Waals surface area contributed by atoms with Crippen LogP contribution in [0.2, 0.25) is 0 Å². The van der Waals surface area contributed by atoms with Crippen LogP contribution in [0.15, 0.2) is 65.7 Å². The number of aliphatic imine (C=N–C) groups is 1. The molecule has 154 valence electrons. The number of guanidine groups is 1. The minimum atomic E-state index is -4.30. The Morgan fingerprint density at radius 1 is 1.00 bits per heavy atom. The van der Waals surface area contributed by atoms with Gasteiger partial charge < -0.3 is 15.5 Å². The molecule has 0 amide bonds. The summed E-state index contributed by atoms with van der Waals surface area (Å²) < 4.78 is 37.9. The molecule has 0 saturated carbocycles. The predicted octanol–water partition coefficient (Wildman–Crippen LogP) is 3.99. The van der Waals surface area contributed by atoms with Crippen molar-refractivity contribution in [2.45, 2.75) is 19.1 Å². The first-order valence-corrected chi connectivity index (χ1v) is 9.55. The molecule has 3 rings (SSSR count). The summed E-state index contributed by atoms with van der Waals surface area (Å²) in [7, 11) is 1.69.